The van der Waals surface area contributed by atoms with Crippen molar-refractivity contribution < 1.29 is 9.53 Å². The van der Waals surface area contributed by atoms with Crippen molar-refractivity contribution in [2.75, 3.05) is 6.61 Å². The normalized spacial score (nSPS) is 12.6. The number of benzene rings is 2. The van der Waals surface area contributed by atoms with Crippen LogP contribution in [0.5, 0.6) is 5.75 Å². The van der Waals surface area contributed by atoms with E-state index in [2.05, 4.69) is 66.3 Å². The smallest absolute Gasteiger partial charge is 0.258 e. The van der Waals surface area contributed by atoms with Crippen molar-refractivity contribution in [3.8, 4) is 5.75 Å². The highest BCUT2D eigenvalue weighted by atomic mass is 79.9. The Labute approximate surface area is 158 Å². The van der Waals surface area contributed by atoms with Gasteiger partial charge in [0, 0.05) is 4.47 Å². The van der Waals surface area contributed by atoms with Crippen LogP contribution in [0.15, 0.2) is 46.9 Å². The first-order valence-electron chi connectivity index (χ1n) is 8.45. The van der Waals surface area contributed by atoms with E-state index in [0.717, 1.165) is 15.6 Å². The zero-order valence-electron chi connectivity index (χ0n) is 15.5. The van der Waals surface area contributed by atoms with Crippen LogP contribution in [0.2, 0.25) is 0 Å². The van der Waals surface area contributed by atoms with Crippen LogP contribution in [-0.2, 0) is 10.2 Å². The predicted octanol–water partition coefficient (Wildman–Crippen LogP) is 5.31. The minimum absolute atomic E-state index is 0.00544. The molecule has 0 aliphatic carbocycles. The Kier molecular flexibility index (Phi) is 6.28. The summed E-state index contributed by atoms with van der Waals surface area (Å²) in [4.78, 5) is 12.1. The summed E-state index contributed by atoms with van der Waals surface area (Å²) >= 11 is 3.45. The summed E-state index contributed by atoms with van der Waals surface area (Å²) in [5, 5.41) is 2.98. The maximum atomic E-state index is 12.1. The number of carbonyl (C=O) groups is 1. The van der Waals surface area contributed by atoms with E-state index in [1.165, 1.54) is 5.56 Å². The molecule has 2 rings (SSSR count). The van der Waals surface area contributed by atoms with E-state index < -0.39 is 0 Å². The molecule has 1 amide bonds. The van der Waals surface area contributed by atoms with Crippen LogP contribution < -0.4 is 10.1 Å². The molecule has 134 valence electrons. The number of nitrogens with one attached hydrogen (secondary N) is 1. The lowest BCUT2D eigenvalue weighted by molar-refractivity contribution is -0.123. The van der Waals surface area contributed by atoms with Gasteiger partial charge in [0.1, 0.15) is 5.75 Å². The number of rotatable bonds is 5. The highest BCUT2D eigenvalue weighted by Crippen LogP contribution is 2.24. The van der Waals surface area contributed by atoms with Gasteiger partial charge in [-0.2, -0.15) is 0 Å². The number of hydrogen-bond acceptors (Lipinski definition) is 2. The van der Waals surface area contributed by atoms with Gasteiger partial charge in [-0.15, -0.1) is 0 Å². The zero-order valence-corrected chi connectivity index (χ0v) is 17.1. The van der Waals surface area contributed by atoms with Crippen molar-refractivity contribution in [1.29, 1.82) is 0 Å². The molecule has 2 aromatic rings. The van der Waals surface area contributed by atoms with Crippen LogP contribution in [0.1, 0.15) is 50.4 Å². The number of ether oxygens (including phenoxy) is 1. The van der Waals surface area contributed by atoms with Gasteiger partial charge in [0.2, 0.25) is 0 Å². The minimum Gasteiger partial charge on any atom is -0.484 e. The number of aryl methyl sites for hydroxylation is 1. The summed E-state index contributed by atoms with van der Waals surface area (Å²) in [6.07, 6.45) is 0. The zero-order chi connectivity index (χ0) is 18.6. The van der Waals surface area contributed by atoms with E-state index in [-0.39, 0.29) is 24.0 Å². The third kappa shape index (κ3) is 5.60. The van der Waals surface area contributed by atoms with Gasteiger partial charge in [-0.3, -0.25) is 4.79 Å². The summed E-state index contributed by atoms with van der Waals surface area (Å²) in [5.41, 5.74) is 3.57. The van der Waals surface area contributed by atoms with E-state index >= 15 is 0 Å². The van der Waals surface area contributed by atoms with Gasteiger partial charge in [-0.05, 0) is 54.2 Å². The summed E-state index contributed by atoms with van der Waals surface area (Å²) in [7, 11) is 0. The molecular weight excluding hydrogens is 378 g/mol. The van der Waals surface area contributed by atoms with E-state index in [0.29, 0.717) is 5.75 Å². The average Bonchev–Trinajstić information content (AvgIpc) is 2.55. The van der Waals surface area contributed by atoms with Crippen molar-refractivity contribution in [2.24, 2.45) is 0 Å². The summed E-state index contributed by atoms with van der Waals surface area (Å²) in [6, 6.07) is 14.0. The quantitative estimate of drug-likeness (QED) is 0.733. The Hall–Kier alpha value is -1.81. The summed E-state index contributed by atoms with van der Waals surface area (Å²) < 4.78 is 6.60. The first kappa shape index (κ1) is 19.5. The second kappa shape index (κ2) is 8.05. The molecule has 0 bridgehead atoms. The van der Waals surface area contributed by atoms with Gasteiger partial charge in [-0.1, -0.05) is 61.0 Å². The van der Waals surface area contributed by atoms with Crippen molar-refractivity contribution in [1.82, 2.24) is 5.32 Å². The number of amides is 1. The Morgan fingerprint density at radius 1 is 1.16 bits per heavy atom. The molecule has 1 atom stereocenters. The van der Waals surface area contributed by atoms with Crippen LogP contribution in [0.25, 0.3) is 0 Å². The number of halogens is 1. The summed E-state index contributed by atoms with van der Waals surface area (Å²) in [6.45, 7) is 10.5. The molecule has 3 nitrogen and oxygen atoms in total. The second-order valence-corrected chi connectivity index (χ2v) is 8.22. The highest BCUT2D eigenvalue weighted by molar-refractivity contribution is 9.10. The van der Waals surface area contributed by atoms with E-state index in [1.807, 2.05) is 32.0 Å². The molecule has 0 aromatic heterocycles. The first-order valence-corrected chi connectivity index (χ1v) is 9.25. The Balaban J connectivity index is 1.90. The third-order valence-electron chi connectivity index (χ3n) is 4.15. The molecule has 0 spiro atoms. The molecule has 0 unspecified atom stereocenters. The van der Waals surface area contributed by atoms with Gasteiger partial charge in [0.05, 0.1) is 6.04 Å². The standard InChI is InChI=1S/C21H26BrNO2/c1-14-12-18(10-11-19(14)22)25-13-20(24)23-15(2)16-6-8-17(9-7-16)21(3,4)5/h6-12,15H,13H2,1-5H3,(H,23,24)/t15-/m1/s1. The highest BCUT2D eigenvalue weighted by Gasteiger charge is 2.15. The third-order valence-corrected chi connectivity index (χ3v) is 5.04. The summed E-state index contributed by atoms with van der Waals surface area (Å²) in [5.74, 6) is 0.561. The van der Waals surface area contributed by atoms with Crippen LogP contribution in [0, 0.1) is 6.92 Å². The van der Waals surface area contributed by atoms with Gasteiger partial charge in [-0.25, -0.2) is 0 Å². The Morgan fingerprint density at radius 3 is 2.36 bits per heavy atom. The van der Waals surface area contributed by atoms with Crippen LogP contribution in [-0.4, -0.2) is 12.5 Å². The van der Waals surface area contributed by atoms with E-state index in [4.69, 9.17) is 4.74 Å². The molecule has 0 radical (unpaired) electrons. The van der Waals surface area contributed by atoms with Crippen LogP contribution in [0.3, 0.4) is 0 Å². The molecule has 0 fully saturated rings. The van der Waals surface area contributed by atoms with Crippen molar-refractivity contribution in [3.63, 3.8) is 0 Å². The fourth-order valence-corrected chi connectivity index (χ4v) is 2.74. The van der Waals surface area contributed by atoms with Gasteiger partial charge < -0.3 is 10.1 Å². The minimum atomic E-state index is -0.132. The van der Waals surface area contributed by atoms with Crippen molar-refractivity contribution >= 4 is 21.8 Å². The average molecular weight is 404 g/mol. The molecule has 0 aliphatic heterocycles. The molecule has 0 heterocycles. The van der Waals surface area contributed by atoms with Crippen molar-refractivity contribution in [2.45, 2.75) is 46.1 Å². The van der Waals surface area contributed by atoms with Gasteiger partial charge >= 0.3 is 0 Å². The predicted molar refractivity (Wildman–Crippen MR) is 106 cm³/mol. The lowest BCUT2D eigenvalue weighted by atomic mass is 9.86. The molecule has 0 saturated carbocycles. The van der Waals surface area contributed by atoms with E-state index in [9.17, 15) is 4.79 Å². The molecule has 1 N–H and O–H groups in total. The molecule has 0 saturated heterocycles. The largest absolute Gasteiger partial charge is 0.484 e. The maximum Gasteiger partial charge on any atom is 0.258 e. The number of hydrogen-bond donors (Lipinski definition) is 1. The second-order valence-electron chi connectivity index (χ2n) is 7.36. The van der Waals surface area contributed by atoms with Crippen molar-refractivity contribution in [3.05, 3.63) is 63.6 Å². The molecule has 4 heteroatoms. The fourth-order valence-electron chi connectivity index (χ4n) is 2.49. The van der Waals surface area contributed by atoms with Crippen LogP contribution >= 0.6 is 15.9 Å². The monoisotopic (exact) mass is 403 g/mol. The molecule has 0 aliphatic rings. The molecular formula is C21H26BrNO2. The van der Waals surface area contributed by atoms with Gasteiger partial charge in [0.25, 0.3) is 5.91 Å². The lowest BCUT2D eigenvalue weighted by Crippen LogP contribution is -2.31. The van der Waals surface area contributed by atoms with Gasteiger partial charge in [0.15, 0.2) is 6.61 Å². The van der Waals surface area contributed by atoms with Crippen LogP contribution in [0.4, 0.5) is 0 Å². The maximum absolute atomic E-state index is 12.1. The fraction of sp³-hybridized carbons (Fsp3) is 0.381. The molecule has 2 aromatic carbocycles. The number of carbonyl (C=O) groups excluding carboxylic acids is 1. The Morgan fingerprint density at radius 2 is 1.80 bits per heavy atom. The Bertz CT molecular complexity index is 733. The lowest BCUT2D eigenvalue weighted by Gasteiger charge is -2.20. The van der Waals surface area contributed by atoms with E-state index in [1.54, 1.807) is 0 Å². The first-order chi connectivity index (χ1) is 11.7. The topological polar surface area (TPSA) is 38.3 Å². The molecule has 25 heavy (non-hydrogen) atoms. The SMILES string of the molecule is Cc1cc(OCC(=O)N[C@H](C)c2ccc(C(C)(C)C)cc2)ccc1Br.